The first kappa shape index (κ1) is 13.4. The molecule has 0 saturated carbocycles. The summed E-state index contributed by atoms with van der Waals surface area (Å²) >= 11 is 4.58. The second-order valence-corrected chi connectivity index (χ2v) is 4.55. The molecule has 0 radical (unpaired) electrons. The van der Waals surface area contributed by atoms with Crippen LogP contribution < -0.4 is 16.6 Å². The van der Waals surface area contributed by atoms with Crippen LogP contribution in [0, 0.1) is 0 Å². The van der Waals surface area contributed by atoms with Crippen molar-refractivity contribution in [2.45, 2.75) is 26.2 Å². The lowest BCUT2D eigenvalue weighted by Gasteiger charge is -2.08. The van der Waals surface area contributed by atoms with Crippen molar-refractivity contribution in [2.24, 2.45) is 5.73 Å². The number of amides is 1. The van der Waals surface area contributed by atoms with E-state index >= 15 is 0 Å². The Labute approximate surface area is 107 Å². The fourth-order valence-corrected chi connectivity index (χ4v) is 1.43. The monoisotopic (exact) mass is 251 g/mol. The van der Waals surface area contributed by atoms with Crippen molar-refractivity contribution in [2.75, 3.05) is 0 Å². The largest absolute Gasteiger partial charge is 0.375 e. The van der Waals surface area contributed by atoms with Crippen LogP contribution in [0.3, 0.4) is 0 Å². The second kappa shape index (κ2) is 6.20. The number of benzene rings is 1. The first-order valence-corrected chi connectivity index (χ1v) is 5.83. The van der Waals surface area contributed by atoms with Crippen molar-refractivity contribution in [3.8, 4) is 0 Å². The van der Waals surface area contributed by atoms with Crippen molar-refractivity contribution < 1.29 is 4.79 Å². The lowest BCUT2D eigenvalue weighted by atomic mass is 10.0. The van der Waals surface area contributed by atoms with E-state index in [1.807, 2.05) is 24.3 Å². The van der Waals surface area contributed by atoms with E-state index < -0.39 is 0 Å². The van der Waals surface area contributed by atoms with Crippen LogP contribution in [-0.2, 0) is 11.2 Å². The molecule has 0 aliphatic heterocycles. The third kappa shape index (κ3) is 4.82. The highest BCUT2D eigenvalue weighted by molar-refractivity contribution is 7.80. The van der Waals surface area contributed by atoms with Crippen LogP contribution in [0.2, 0.25) is 0 Å². The number of hydrazine groups is 1. The molecule has 0 heterocycles. The zero-order valence-corrected chi connectivity index (χ0v) is 10.8. The first-order chi connectivity index (χ1) is 7.99. The summed E-state index contributed by atoms with van der Waals surface area (Å²) < 4.78 is 0. The molecule has 0 aliphatic carbocycles. The van der Waals surface area contributed by atoms with Gasteiger partial charge in [-0.1, -0.05) is 38.1 Å². The maximum absolute atomic E-state index is 11.4. The van der Waals surface area contributed by atoms with Crippen molar-refractivity contribution in [3.63, 3.8) is 0 Å². The Bertz CT molecular complexity index is 401. The van der Waals surface area contributed by atoms with E-state index in [0.29, 0.717) is 12.3 Å². The third-order valence-electron chi connectivity index (χ3n) is 2.34. The minimum Gasteiger partial charge on any atom is -0.375 e. The third-order valence-corrected chi connectivity index (χ3v) is 2.44. The van der Waals surface area contributed by atoms with E-state index in [2.05, 4.69) is 36.9 Å². The Hall–Kier alpha value is -1.62. The number of carbonyl (C=O) groups excluding carboxylic acids is 1. The van der Waals surface area contributed by atoms with Gasteiger partial charge in [-0.15, -0.1) is 0 Å². The van der Waals surface area contributed by atoms with Gasteiger partial charge in [-0.2, -0.15) is 0 Å². The summed E-state index contributed by atoms with van der Waals surface area (Å²) in [4.78, 5) is 11.4. The van der Waals surface area contributed by atoms with Crippen LogP contribution >= 0.6 is 12.2 Å². The van der Waals surface area contributed by atoms with E-state index in [-0.39, 0.29) is 11.0 Å². The maximum atomic E-state index is 11.4. The molecule has 0 spiro atoms. The number of nitrogens with two attached hydrogens (primary N) is 1. The maximum Gasteiger partial charge on any atom is 0.242 e. The van der Waals surface area contributed by atoms with E-state index in [9.17, 15) is 4.79 Å². The summed E-state index contributed by atoms with van der Waals surface area (Å²) in [5.74, 6) is 0.323. The van der Waals surface area contributed by atoms with Gasteiger partial charge < -0.3 is 5.73 Å². The summed E-state index contributed by atoms with van der Waals surface area (Å²) in [5, 5.41) is 0.0495. The van der Waals surface area contributed by atoms with E-state index in [1.54, 1.807) is 0 Å². The Morgan fingerprint density at radius 2 is 1.88 bits per heavy atom. The van der Waals surface area contributed by atoms with E-state index in [0.717, 1.165) is 5.56 Å². The van der Waals surface area contributed by atoms with Gasteiger partial charge in [-0.25, -0.2) is 0 Å². The first-order valence-electron chi connectivity index (χ1n) is 5.42. The molecule has 1 aromatic carbocycles. The number of nitrogens with one attached hydrogen (secondary N) is 2. The molecule has 0 bridgehead atoms. The summed E-state index contributed by atoms with van der Waals surface area (Å²) in [6, 6.07) is 7.98. The van der Waals surface area contributed by atoms with Gasteiger partial charge in [-0.05, 0) is 29.3 Å². The van der Waals surface area contributed by atoms with Crippen LogP contribution in [0.15, 0.2) is 24.3 Å². The lowest BCUT2D eigenvalue weighted by molar-refractivity contribution is -0.121. The molecule has 4 nitrogen and oxygen atoms in total. The highest BCUT2D eigenvalue weighted by atomic mass is 32.1. The Morgan fingerprint density at radius 3 is 2.35 bits per heavy atom. The number of rotatable bonds is 3. The molecule has 1 rings (SSSR count). The standard InChI is InChI=1S/C12H17N3OS/c1-8(2)10-5-3-9(4-6-10)7-11(16)14-15-12(13)17/h3-6,8H,7H2,1-2H3,(H,14,16)(H3,13,15,17). The highest BCUT2D eigenvalue weighted by Gasteiger charge is 2.04. The molecule has 5 heteroatoms. The minimum absolute atomic E-state index is 0.0495. The van der Waals surface area contributed by atoms with Crippen LogP contribution in [0.4, 0.5) is 0 Å². The lowest BCUT2D eigenvalue weighted by Crippen LogP contribution is -2.44. The van der Waals surface area contributed by atoms with E-state index in [4.69, 9.17) is 5.73 Å². The molecule has 1 amide bonds. The predicted octanol–water partition coefficient (Wildman–Crippen LogP) is 1.22. The highest BCUT2D eigenvalue weighted by Crippen LogP contribution is 2.14. The van der Waals surface area contributed by atoms with Gasteiger partial charge in [0.2, 0.25) is 5.91 Å². The number of hydrogen-bond donors (Lipinski definition) is 3. The molecule has 4 N–H and O–H groups in total. The molecule has 0 fully saturated rings. The van der Waals surface area contributed by atoms with Crippen molar-refractivity contribution >= 4 is 23.2 Å². The molecule has 17 heavy (non-hydrogen) atoms. The SMILES string of the molecule is CC(C)c1ccc(CC(=O)NNC(N)=S)cc1. The summed E-state index contributed by atoms with van der Waals surface area (Å²) in [5.41, 5.74) is 12.2. The molecule has 0 aromatic heterocycles. The molecule has 0 unspecified atom stereocenters. The molecule has 0 saturated heterocycles. The van der Waals surface area contributed by atoms with Crippen molar-refractivity contribution in [1.82, 2.24) is 10.9 Å². The predicted molar refractivity (Wildman–Crippen MR) is 72.3 cm³/mol. The summed E-state index contributed by atoms with van der Waals surface area (Å²) in [6.07, 6.45) is 0.300. The number of carbonyl (C=O) groups is 1. The molecular formula is C12H17N3OS. The molecule has 0 aliphatic rings. The van der Waals surface area contributed by atoms with E-state index in [1.165, 1.54) is 5.56 Å². The van der Waals surface area contributed by atoms with Gasteiger partial charge in [-0.3, -0.25) is 15.6 Å². The minimum atomic E-state index is -0.171. The Morgan fingerprint density at radius 1 is 1.29 bits per heavy atom. The Balaban J connectivity index is 2.51. The van der Waals surface area contributed by atoms with Crippen LogP contribution in [-0.4, -0.2) is 11.0 Å². The van der Waals surface area contributed by atoms with Gasteiger partial charge in [0.1, 0.15) is 0 Å². The number of thiocarbonyl (C=S) groups is 1. The zero-order valence-electron chi connectivity index (χ0n) is 9.99. The second-order valence-electron chi connectivity index (χ2n) is 4.11. The molecule has 92 valence electrons. The molecular weight excluding hydrogens is 234 g/mol. The quantitative estimate of drug-likeness (QED) is 0.558. The van der Waals surface area contributed by atoms with Crippen molar-refractivity contribution in [3.05, 3.63) is 35.4 Å². The Kier molecular flexibility index (Phi) is 4.90. The average molecular weight is 251 g/mol. The van der Waals surface area contributed by atoms with Crippen molar-refractivity contribution in [1.29, 1.82) is 0 Å². The summed E-state index contributed by atoms with van der Waals surface area (Å²) in [7, 11) is 0. The van der Waals surface area contributed by atoms with Gasteiger partial charge in [0.05, 0.1) is 6.42 Å². The fraction of sp³-hybridized carbons (Fsp3) is 0.333. The smallest absolute Gasteiger partial charge is 0.242 e. The van der Waals surface area contributed by atoms with Gasteiger partial charge in [0.25, 0.3) is 0 Å². The van der Waals surface area contributed by atoms with Gasteiger partial charge in [0.15, 0.2) is 5.11 Å². The summed E-state index contributed by atoms with van der Waals surface area (Å²) in [6.45, 7) is 4.27. The van der Waals surface area contributed by atoms with Crippen LogP contribution in [0.5, 0.6) is 0 Å². The van der Waals surface area contributed by atoms with Crippen LogP contribution in [0.25, 0.3) is 0 Å². The fourth-order valence-electron chi connectivity index (χ4n) is 1.38. The topological polar surface area (TPSA) is 67.2 Å². The van der Waals surface area contributed by atoms with Gasteiger partial charge >= 0.3 is 0 Å². The zero-order chi connectivity index (χ0) is 12.8. The van der Waals surface area contributed by atoms with Gasteiger partial charge in [0, 0.05) is 0 Å². The average Bonchev–Trinajstić information content (AvgIpc) is 2.27. The molecule has 0 atom stereocenters. The number of hydrogen-bond acceptors (Lipinski definition) is 2. The van der Waals surface area contributed by atoms with Crippen LogP contribution in [0.1, 0.15) is 30.9 Å². The normalized spacial score (nSPS) is 10.1. The molecule has 1 aromatic rings.